The van der Waals surface area contributed by atoms with E-state index in [1.165, 1.54) is 48.4 Å². The van der Waals surface area contributed by atoms with Gasteiger partial charge in [0.05, 0.1) is 0 Å². The summed E-state index contributed by atoms with van der Waals surface area (Å²) >= 11 is 1.95. The van der Waals surface area contributed by atoms with Gasteiger partial charge < -0.3 is 5.32 Å². The zero-order chi connectivity index (χ0) is 13.5. The molecule has 19 heavy (non-hydrogen) atoms. The molecule has 1 saturated carbocycles. The van der Waals surface area contributed by atoms with Crippen molar-refractivity contribution in [3.63, 3.8) is 0 Å². The predicted octanol–water partition coefficient (Wildman–Crippen LogP) is 4.42. The third kappa shape index (κ3) is 4.50. The summed E-state index contributed by atoms with van der Waals surface area (Å²) in [5, 5.41) is 4.79. The molecule has 2 nitrogen and oxygen atoms in total. The van der Waals surface area contributed by atoms with Gasteiger partial charge in [-0.1, -0.05) is 25.8 Å². The van der Waals surface area contributed by atoms with Crippen LogP contribution in [0.15, 0.2) is 23.4 Å². The lowest BCUT2D eigenvalue weighted by atomic mass is 10.1. The van der Waals surface area contributed by atoms with Crippen molar-refractivity contribution in [1.29, 1.82) is 0 Å². The molecule has 3 heteroatoms. The Balaban J connectivity index is 1.94. The zero-order valence-corrected chi connectivity index (χ0v) is 13.0. The van der Waals surface area contributed by atoms with Crippen molar-refractivity contribution >= 4 is 11.8 Å². The molecule has 0 amide bonds. The maximum absolute atomic E-state index is 4.59. The van der Waals surface area contributed by atoms with Gasteiger partial charge in [0.25, 0.3) is 0 Å². The third-order valence-electron chi connectivity index (χ3n) is 3.90. The topological polar surface area (TPSA) is 24.9 Å². The first kappa shape index (κ1) is 14.9. The fourth-order valence-electron chi connectivity index (χ4n) is 2.70. The molecule has 1 aromatic rings. The van der Waals surface area contributed by atoms with Gasteiger partial charge in [0.2, 0.25) is 0 Å². The first-order valence-electron chi connectivity index (χ1n) is 7.62. The second-order valence-corrected chi connectivity index (χ2v) is 6.54. The quantitative estimate of drug-likeness (QED) is 0.747. The highest BCUT2D eigenvalue weighted by molar-refractivity contribution is 7.99. The molecule has 0 bridgehead atoms. The van der Waals surface area contributed by atoms with Crippen LogP contribution in [0, 0.1) is 5.92 Å². The molecule has 0 spiro atoms. The molecule has 0 aliphatic heterocycles. The van der Waals surface area contributed by atoms with Gasteiger partial charge in [-0.15, -0.1) is 11.8 Å². The molecule has 0 radical (unpaired) electrons. The Labute approximate surface area is 121 Å². The molecule has 1 aliphatic carbocycles. The molecule has 1 heterocycles. The highest BCUT2D eigenvalue weighted by atomic mass is 32.2. The lowest BCUT2D eigenvalue weighted by molar-refractivity contribution is 0.559. The smallest absolute Gasteiger partial charge is 0.101 e. The molecule has 1 fully saturated rings. The summed E-state index contributed by atoms with van der Waals surface area (Å²) in [5.41, 5.74) is 1.36. The number of nitrogens with zero attached hydrogens (tertiary/aromatic N) is 1. The Morgan fingerprint density at radius 2 is 2.21 bits per heavy atom. The van der Waals surface area contributed by atoms with E-state index in [0.29, 0.717) is 6.04 Å². The summed E-state index contributed by atoms with van der Waals surface area (Å²) in [6, 6.07) is 4.68. The maximum atomic E-state index is 4.59. The van der Waals surface area contributed by atoms with Gasteiger partial charge in [-0.05, 0) is 44.7 Å². The SMILES string of the molecule is CCCNC(C)c1cccnc1SCC1CCCC1. The summed E-state index contributed by atoms with van der Waals surface area (Å²) in [4.78, 5) is 4.59. The van der Waals surface area contributed by atoms with Gasteiger partial charge in [-0.25, -0.2) is 4.98 Å². The number of hydrogen-bond donors (Lipinski definition) is 1. The van der Waals surface area contributed by atoms with Crippen molar-refractivity contribution in [2.24, 2.45) is 5.92 Å². The van der Waals surface area contributed by atoms with E-state index in [-0.39, 0.29) is 0 Å². The van der Waals surface area contributed by atoms with E-state index in [1.54, 1.807) is 0 Å². The van der Waals surface area contributed by atoms with Crippen molar-refractivity contribution in [3.05, 3.63) is 23.9 Å². The van der Waals surface area contributed by atoms with E-state index in [0.717, 1.165) is 12.5 Å². The molecule has 2 rings (SSSR count). The number of rotatable bonds is 7. The predicted molar refractivity (Wildman–Crippen MR) is 83.6 cm³/mol. The summed E-state index contributed by atoms with van der Waals surface area (Å²) in [6.45, 7) is 5.52. The Morgan fingerprint density at radius 1 is 1.42 bits per heavy atom. The molecule has 1 N–H and O–H groups in total. The third-order valence-corrected chi connectivity index (χ3v) is 5.15. The molecule has 106 valence electrons. The van der Waals surface area contributed by atoms with Crippen LogP contribution in [0.25, 0.3) is 0 Å². The van der Waals surface area contributed by atoms with Crippen molar-refractivity contribution in [2.45, 2.75) is 57.0 Å². The van der Waals surface area contributed by atoms with Crippen LogP contribution in [0.2, 0.25) is 0 Å². The van der Waals surface area contributed by atoms with Gasteiger partial charge in [0.1, 0.15) is 5.03 Å². The van der Waals surface area contributed by atoms with E-state index in [4.69, 9.17) is 0 Å². The van der Waals surface area contributed by atoms with Gasteiger partial charge in [0.15, 0.2) is 0 Å². The second kappa shape index (κ2) is 7.91. The zero-order valence-electron chi connectivity index (χ0n) is 12.2. The first-order chi connectivity index (χ1) is 9.31. The largest absolute Gasteiger partial charge is 0.310 e. The number of thioether (sulfide) groups is 1. The van der Waals surface area contributed by atoms with Crippen LogP contribution in [-0.2, 0) is 0 Å². The molecule has 1 atom stereocenters. The first-order valence-corrected chi connectivity index (χ1v) is 8.61. The Kier molecular flexibility index (Phi) is 6.18. The average Bonchev–Trinajstić information content (AvgIpc) is 2.96. The van der Waals surface area contributed by atoms with Crippen molar-refractivity contribution in [3.8, 4) is 0 Å². The van der Waals surface area contributed by atoms with Crippen LogP contribution in [0.1, 0.15) is 57.6 Å². The molecular weight excluding hydrogens is 252 g/mol. The Bertz CT molecular complexity index is 375. The molecule has 1 aliphatic rings. The summed E-state index contributed by atoms with van der Waals surface area (Å²) < 4.78 is 0. The normalized spacial score (nSPS) is 17.8. The fraction of sp³-hybridized carbons (Fsp3) is 0.688. The Hall–Kier alpha value is -0.540. The van der Waals surface area contributed by atoms with E-state index >= 15 is 0 Å². The highest BCUT2D eigenvalue weighted by Crippen LogP contribution is 2.32. The lowest BCUT2D eigenvalue weighted by Crippen LogP contribution is -2.20. The van der Waals surface area contributed by atoms with E-state index in [9.17, 15) is 0 Å². The van der Waals surface area contributed by atoms with Gasteiger partial charge in [0, 0.05) is 23.6 Å². The van der Waals surface area contributed by atoms with E-state index in [2.05, 4.69) is 36.3 Å². The van der Waals surface area contributed by atoms with Crippen LogP contribution in [0.4, 0.5) is 0 Å². The maximum Gasteiger partial charge on any atom is 0.101 e. The molecule has 0 aromatic carbocycles. The Morgan fingerprint density at radius 3 is 2.95 bits per heavy atom. The molecular formula is C16H26N2S. The van der Waals surface area contributed by atoms with E-state index in [1.807, 2.05) is 18.0 Å². The summed E-state index contributed by atoms with van der Waals surface area (Å²) in [7, 11) is 0. The minimum atomic E-state index is 0.403. The second-order valence-electron chi connectivity index (χ2n) is 5.54. The van der Waals surface area contributed by atoms with Crippen LogP contribution >= 0.6 is 11.8 Å². The monoisotopic (exact) mass is 278 g/mol. The lowest BCUT2D eigenvalue weighted by Gasteiger charge is -2.17. The van der Waals surface area contributed by atoms with Gasteiger partial charge in [-0.3, -0.25) is 0 Å². The van der Waals surface area contributed by atoms with Crippen molar-refractivity contribution < 1.29 is 0 Å². The minimum absolute atomic E-state index is 0.403. The van der Waals surface area contributed by atoms with E-state index < -0.39 is 0 Å². The summed E-state index contributed by atoms with van der Waals surface area (Å²) in [5.74, 6) is 2.16. The van der Waals surface area contributed by atoms with Crippen LogP contribution < -0.4 is 5.32 Å². The highest BCUT2D eigenvalue weighted by Gasteiger charge is 2.17. The number of hydrogen-bond acceptors (Lipinski definition) is 3. The van der Waals surface area contributed by atoms with Gasteiger partial charge >= 0.3 is 0 Å². The standard InChI is InChI=1S/C16H26N2S/c1-3-10-17-13(2)15-9-6-11-18-16(15)19-12-14-7-4-5-8-14/h6,9,11,13-14,17H,3-5,7-8,10,12H2,1-2H3. The molecule has 0 saturated heterocycles. The average molecular weight is 278 g/mol. The van der Waals surface area contributed by atoms with Crippen LogP contribution in [0.5, 0.6) is 0 Å². The summed E-state index contributed by atoms with van der Waals surface area (Å²) in [6.07, 6.45) is 8.78. The van der Waals surface area contributed by atoms with Crippen molar-refractivity contribution in [1.82, 2.24) is 10.3 Å². The van der Waals surface area contributed by atoms with Crippen LogP contribution in [0.3, 0.4) is 0 Å². The number of pyridine rings is 1. The number of nitrogens with one attached hydrogen (secondary N) is 1. The van der Waals surface area contributed by atoms with Crippen LogP contribution in [-0.4, -0.2) is 17.3 Å². The fourth-order valence-corrected chi connectivity index (χ4v) is 3.97. The molecule has 1 unspecified atom stereocenters. The van der Waals surface area contributed by atoms with Crippen molar-refractivity contribution in [2.75, 3.05) is 12.3 Å². The van der Waals surface area contributed by atoms with Gasteiger partial charge in [-0.2, -0.15) is 0 Å². The molecule has 1 aromatic heterocycles. The number of aromatic nitrogens is 1. The minimum Gasteiger partial charge on any atom is -0.310 e.